The maximum atomic E-state index is 12.4. The van der Waals surface area contributed by atoms with E-state index in [4.69, 9.17) is 0 Å². The molecular weight excluding hydrogens is 274 g/mol. The summed E-state index contributed by atoms with van der Waals surface area (Å²) in [5, 5.41) is 1.22. The zero-order valence-corrected chi connectivity index (χ0v) is 12.6. The number of benzene rings is 1. The van der Waals surface area contributed by atoms with Crippen LogP contribution >= 0.6 is 0 Å². The molecule has 1 aromatic rings. The summed E-state index contributed by atoms with van der Waals surface area (Å²) >= 11 is 0. The fourth-order valence-corrected chi connectivity index (χ4v) is 3.85. The standard InChI is InChI=1S/C15H19NO3S/c1-3-16(14-7-5-4-6-12(14)2)15(17)10-13-8-9-20(18,19)11-13/h4-9,13H,3,10-11H2,1-2H3/t13-/m1/s1. The second-order valence-corrected chi connectivity index (χ2v) is 6.98. The highest BCUT2D eigenvalue weighted by Crippen LogP contribution is 2.24. The number of hydrogen-bond acceptors (Lipinski definition) is 3. The largest absolute Gasteiger partial charge is 0.312 e. The van der Waals surface area contributed by atoms with E-state index >= 15 is 0 Å². The first-order valence-corrected chi connectivity index (χ1v) is 8.41. The summed E-state index contributed by atoms with van der Waals surface area (Å²) in [6, 6.07) is 7.71. The minimum atomic E-state index is -3.10. The molecule has 108 valence electrons. The highest BCUT2D eigenvalue weighted by molar-refractivity contribution is 7.94. The fraction of sp³-hybridized carbons (Fsp3) is 0.400. The number of sulfone groups is 1. The molecule has 20 heavy (non-hydrogen) atoms. The van der Waals surface area contributed by atoms with Gasteiger partial charge < -0.3 is 4.90 Å². The zero-order chi connectivity index (χ0) is 14.8. The predicted octanol–water partition coefficient (Wildman–Crippen LogP) is 2.30. The fourth-order valence-electron chi connectivity index (χ4n) is 2.45. The Morgan fingerprint density at radius 2 is 2.05 bits per heavy atom. The first kappa shape index (κ1) is 14.8. The van der Waals surface area contributed by atoms with Crippen LogP contribution in [0.3, 0.4) is 0 Å². The van der Waals surface area contributed by atoms with Crippen molar-refractivity contribution in [1.29, 1.82) is 0 Å². The van der Waals surface area contributed by atoms with Crippen LogP contribution in [0.4, 0.5) is 5.69 Å². The van der Waals surface area contributed by atoms with Gasteiger partial charge in [0.05, 0.1) is 5.75 Å². The molecule has 0 spiro atoms. The molecule has 0 aromatic heterocycles. The number of amides is 1. The molecule has 1 aliphatic rings. The molecular formula is C15H19NO3S. The molecule has 0 radical (unpaired) electrons. The number of carbonyl (C=O) groups is 1. The zero-order valence-electron chi connectivity index (χ0n) is 11.7. The number of nitrogens with zero attached hydrogens (tertiary/aromatic N) is 1. The lowest BCUT2D eigenvalue weighted by Crippen LogP contribution is -2.32. The minimum absolute atomic E-state index is 0.0337. The molecule has 0 saturated heterocycles. The van der Waals surface area contributed by atoms with E-state index < -0.39 is 9.84 Å². The topological polar surface area (TPSA) is 54.5 Å². The second kappa shape index (κ2) is 5.79. The molecule has 0 saturated carbocycles. The van der Waals surface area contributed by atoms with Crippen molar-refractivity contribution in [3.63, 3.8) is 0 Å². The van der Waals surface area contributed by atoms with Crippen molar-refractivity contribution < 1.29 is 13.2 Å². The maximum Gasteiger partial charge on any atom is 0.227 e. The highest BCUT2D eigenvalue weighted by Gasteiger charge is 2.26. The molecule has 4 nitrogen and oxygen atoms in total. The summed E-state index contributed by atoms with van der Waals surface area (Å²) in [4.78, 5) is 14.1. The highest BCUT2D eigenvalue weighted by atomic mass is 32.2. The maximum absolute atomic E-state index is 12.4. The molecule has 0 aliphatic carbocycles. The predicted molar refractivity (Wildman–Crippen MR) is 80.2 cm³/mol. The molecule has 0 N–H and O–H groups in total. The van der Waals surface area contributed by atoms with Gasteiger partial charge in [-0.15, -0.1) is 0 Å². The summed E-state index contributed by atoms with van der Waals surface area (Å²) in [6.07, 6.45) is 1.86. The van der Waals surface area contributed by atoms with Crippen LogP contribution in [0, 0.1) is 12.8 Å². The monoisotopic (exact) mass is 293 g/mol. The van der Waals surface area contributed by atoms with Gasteiger partial charge in [0.15, 0.2) is 9.84 Å². The normalized spacial score (nSPS) is 20.0. The van der Waals surface area contributed by atoms with Gasteiger partial charge in [0.2, 0.25) is 5.91 Å². The minimum Gasteiger partial charge on any atom is -0.312 e. The van der Waals surface area contributed by atoms with Crippen LogP contribution in [0.5, 0.6) is 0 Å². The first-order valence-electron chi connectivity index (χ1n) is 6.70. The summed E-state index contributed by atoms with van der Waals surface area (Å²) < 4.78 is 22.7. The average molecular weight is 293 g/mol. The number of allylic oxidation sites excluding steroid dienone is 1. The molecule has 1 aliphatic heterocycles. The molecule has 1 atom stereocenters. The number of rotatable bonds is 4. The number of para-hydroxylation sites is 1. The van der Waals surface area contributed by atoms with Gasteiger partial charge in [-0.2, -0.15) is 0 Å². The molecule has 5 heteroatoms. The number of aryl methyl sites for hydroxylation is 1. The molecule has 1 aromatic carbocycles. The second-order valence-electron chi connectivity index (χ2n) is 5.05. The molecule has 0 fully saturated rings. The van der Waals surface area contributed by atoms with E-state index in [0.717, 1.165) is 11.3 Å². The van der Waals surface area contributed by atoms with E-state index in [0.29, 0.717) is 6.54 Å². The first-order chi connectivity index (χ1) is 9.43. The Labute approximate surface area is 120 Å². The number of carbonyl (C=O) groups excluding carboxylic acids is 1. The Kier molecular flexibility index (Phi) is 4.28. The Morgan fingerprint density at radius 3 is 2.60 bits per heavy atom. The third-order valence-electron chi connectivity index (χ3n) is 3.46. The smallest absolute Gasteiger partial charge is 0.227 e. The van der Waals surface area contributed by atoms with Crippen molar-refractivity contribution in [2.24, 2.45) is 5.92 Å². The number of hydrogen-bond donors (Lipinski definition) is 0. The number of anilines is 1. The van der Waals surface area contributed by atoms with Gasteiger partial charge in [0.25, 0.3) is 0 Å². The summed E-state index contributed by atoms with van der Waals surface area (Å²) in [7, 11) is -3.10. The Morgan fingerprint density at radius 1 is 1.35 bits per heavy atom. The van der Waals surface area contributed by atoms with E-state index in [1.807, 2.05) is 38.1 Å². The third-order valence-corrected chi connectivity index (χ3v) is 4.93. The van der Waals surface area contributed by atoms with Crippen molar-refractivity contribution in [2.75, 3.05) is 17.2 Å². The van der Waals surface area contributed by atoms with Gasteiger partial charge in [-0.25, -0.2) is 8.42 Å². The van der Waals surface area contributed by atoms with Crippen molar-refractivity contribution in [3.8, 4) is 0 Å². The van der Waals surface area contributed by atoms with E-state index in [9.17, 15) is 13.2 Å². The third kappa shape index (κ3) is 3.28. The van der Waals surface area contributed by atoms with Crippen LogP contribution in [-0.2, 0) is 14.6 Å². The van der Waals surface area contributed by atoms with E-state index in [2.05, 4.69) is 0 Å². The van der Waals surface area contributed by atoms with Crippen molar-refractivity contribution in [3.05, 3.63) is 41.3 Å². The van der Waals surface area contributed by atoms with Crippen LogP contribution in [0.15, 0.2) is 35.7 Å². The van der Waals surface area contributed by atoms with Crippen LogP contribution in [-0.4, -0.2) is 26.6 Å². The van der Waals surface area contributed by atoms with E-state index in [1.165, 1.54) is 5.41 Å². The van der Waals surface area contributed by atoms with Gasteiger partial charge in [0, 0.05) is 30.0 Å². The summed E-state index contributed by atoms with van der Waals surface area (Å²) in [6.45, 7) is 4.46. The van der Waals surface area contributed by atoms with Crippen LogP contribution in [0.2, 0.25) is 0 Å². The van der Waals surface area contributed by atoms with Gasteiger partial charge in [-0.1, -0.05) is 24.3 Å². The SMILES string of the molecule is CCN(C(=O)C[C@H]1C=CS(=O)(=O)C1)c1ccccc1C. The molecule has 1 amide bonds. The van der Waals surface area contributed by atoms with Crippen LogP contribution < -0.4 is 4.90 Å². The molecule has 1 heterocycles. The summed E-state index contributed by atoms with van der Waals surface area (Å²) in [5.41, 5.74) is 1.93. The van der Waals surface area contributed by atoms with Crippen LogP contribution in [0.1, 0.15) is 18.9 Å². The van der Waals surface area contributed by atoms with E-state index in [-0.39, 0.29) is 24.0 Å². The molecule has 2 rings (SSSR count). The van der Waals surface area contributed by atoms with Crippen molar-refractivity contribution in [2.45, 2.75) is 20.3 Å². The van der Waals surface area contributed by atoms with Crippen molar-refractivity contribution in [1.82, 2.24) is 0 Å². The van der Waals surface area contributed by atoms with E-state index in [1.54, 1.807) is 11.0 Å². The average Bonchev–Trinajstić information content (AvgIpc) is 2.72. The lowest BCUT2D eigenvalue weighted by molar-refractivity contribution is -0.119. The lowest BCUT2D eigenvalue weighted by atomic mass is 10.1. The molecule has 0 bridgehead atoms. The Hall–Kier alpha value is -1.62. The Bertz CT molecular complexity index is 634. The Balaban J connectivity index is 2.11. The van der Waals surface area contributed by atoms with Gasteiger partial charge >= 0.3 is 0 Å². The lowest BCUT2D eigenvalue weighted by Gasteiger charge is -2.24. The van der Waals surface area contributed by atoms with Gasteiger partial charge in [-0.3, -0.25) is 4.79 Å². The van der Waals surface area contributed by atoms with Crippen LogP contribution in [0.25, 0.3) is 0 Å². The quantitative estimate of drug-likeness (QED) is 0.856. The van der Waals surface area contributed by atoms with Gasteiger partial charge in [-0.05, 0) is 25.5 Å². The van der Waals surface area contributed by atoms with Gasteiger partial charge in [0.1, 0.15) is 0 Å². The van der Waals surface area contributed by atoms with Crippen molar-refractivity contribution >= 4 is 21.4 Å². The summed E-state index contributed by atoms with van der Waals surface area (Å²) in [5.74, 6) is -0.191. The molecule has 0 unspecified atom stereocenters.